The fourth-order valence-corrected chi connectivity index (χ4v) is 1.46. The zero-order chi connectivity index (χ0) is 8.27. The Hall–Kier alpha value is -0.900. The number of nitrogens with zero attached hydrogens (tertiary/aromatic N) is 1. The van der Waals surface area contributed by atoms with E-state index in [4.69, 9.17) is 0 Å². The Bertz CT molecular complexity index is 233. The molecule has 0 aliphatic carbocycles. The van der Waals surface area contributed by atoms with Crippen LogP contribution >= 0.6 is 11.3 Å². The van der Waals surface area contributed by atoms with E-state index in [0.717, 1.165) is 5.01 Å². The molecular formula is C7H10N2OS. The lowest BCUT2D eigenvalue weighted by Gasteiger charge is -2.07. The molecule has 0 saturated carbocycles. The second kappa shape index (κ2) is 3.48. The van der Waals surface area contributed by atoms with Crippen molar-refractivity contribution in [1.29, 1.82) is 0 Å². The van der Waals surface area contributed by atoms with Crippen LogP contribution in [0.1, 0.15) is 24.9 Å². The zero-order valence-corrected chi connectivity index (χ0v) is 7.31. The molecule has 4 heteroatoms. The number of aromatic nitrogens is 1. The van der Waals surface area contributed by atoms with Gasteiger partial charge in [-0.1, -0.05) is 0 Å². The maximum absolute atomic E-state index is 10.6. The fraction of sp³-hybridized carbons (Fsp3) is 0.429. The minimum absolute atomic E-state index is 0.0206. The van der Waals surface area contributed by atoms with Gasteiger partial charge in [-0.3, -0.25) is 4.79 Å². The highest BCUT2D eigenvalue weighted by atomic mass is 32.1. The third-order valence-electron chi connectivity index (χ3n) is 1.24. The maximum Gasteiger partial charge on any atom is 0.217 e. The summed E-state index contributed by atoms with van der Waals surface area (Å²) in [4.78, 5) is 14.7. The highest BCUT2D eigenvalue weighted by Crippen LogP contribution is 2.13. The predicted octanol–water partition coefficient (Wildman–Crippen LogP) is 1.34. The second-order valence-corrected chi connectivity index (χ2v) is 3.22. The summed E-state index contributed by atoms with van der Waals surface area (Å²) in [6, 6.07) is 0.0347. The minimum Gasteiger partial charge on any atom is -0.347 e. The van der Waals surface area contributed by atoms with E-state index >= 15 is 0 Å². The molecule has 1 rings (SSSR count). The van der Waals surface area contributed by atoms with Crippen molar-refractivity contribution >= 4 is 17.2 Å². The average Bonchev–Trinajstić information content (AvgIpc) is 2.35. The number of hydrogen-bond donors (Lipinski definition) is 1. The molecular weight excluding hydrogens is 160 g/mol. The van der Waals surface area contributed by atoms with Crippen molar-refractivity contribution in [2.75, 3.05) is 0 Å². The number of carbonyl (C=O) groups excluding carboxylic acids is 1. The first kappa shape index (κ1) is 8.20. The number of carbonyl (C=O) groups is 1. The van der Waals surface area contributed by atoms with Gasteiger partial charge < -0.3 is 5.32 Å². The molecule has 1 aromatic heterocycles. The van der Waals surface area contributed by atoms with E-state index in [2.05, 4.69) is 10.3 Å². The molecule has 1 atom stereocenters. The monoisotopic (exact) mass is 170 g/mol. The lowest BCUT2D eigenvalue weighted by molar-refractivity contribution is -0.119. The van der Waals surface area contributed by atoms with Crippen molar-refractivity contribution in [3.63, 3.8) is 0 Å². The molecule has 1 N–H and O–H groups in total. The number of thiazole rings is 1. The Morgan fingerprint density at radius 2 is 2.55 bits per heavy atom. The smallest absolute Gasteiger partial charge is 0.217 e. The highest BCUT2D eigenvalue weighted by molar-refractivity contribution is 7.09. The maximum atomic E-state index is 10.6. The van der Waals surface area contributed by atoms with Gasteiger partial charge in [0, 0.05) is 18.5 Å². The third-order valence-corrected chi connectivity index (χ3v) is 2.20. The van der Waals surface area contributed by atoms with Crippen LogP contribution in [-0.4, -0.2) is 10.9 Å². The van der Waals surface area contributed by atoms with Crippen molar-refractivity contribution in [3.8, 4) is 0 Å². The van der Waals surface area contributed by atoms with Gasteiger partial charge in [0.2, 0.25) is 5.91 Å². The SMILES string of the molecule is CC(=O)NC(C)c1nccs1. The first-order valence-corrected chi connectivity index (χ1v) is 4.24. The van der Waals surface area contributed by atoms with Gasteiger partial charge in [0.15, 0.2) is 0 Å². The van der Waals surface area contributed by atoms with E-state index in [-0.39, 0.29) is 11.9 Å². The average molecular weight is 170 g/mol. The second-order valence-electron chi connectivity index (χ2n) is 2.29. The van der Waals surface area contributed by atoms with Crippen LogP contribution in [-0.2, 0) is 4.79 Å². The lowest BCUT2D eigenvalue weighted by atomic mass is 10.3. The molecule has 0 fully saturated rings. The molecule has 0 bridgehead atoms. The highest BCUT2D eigenvalue weighted by Gasteiger charge is 2.07. The molecule has 1 amide bonds. The van der Waals surface area contributed by atoms with Crippen molar-refractivity contribution < 1.29 is 4.79 Å². The summed E-state index contributed by atoms with van der Waals surface area (Å²) >= 11 is 1.55. The van der Waals surface area contributed by atoms with Crippen LogP contribution in [0.25, 0.3) is 0 Å². The van der Waals surface area contributed by atoms with Crippen LogP contribution in [0, 0.1) is 0 Å². The molecule has 1 unspecified atom stereocenters. The van der Waals surface area contributed by atoms with E-state index in [0.29, 0.717) is 0 Å². The molecule has 0 aliphatic rings. The third kappa shape index (κ3) is 2.31. The number of hydrogen-bond acceptors (Lipinski definition) is 3. The Balaban J connectivity index is 2.56. The van der Waals surface area contributed by atoms with Crippen molar-refractivity contribution in [2.24, 2.45) is 0 Å². The summed E-state index contributed by atoms with van der Waals surface area (Å²) in [5.74, 6) is -0.0206. The van der Waals surface area contributed by atoms with Gasteiger partial charge in [-0.2, -0.15) is 0 Å². The van der Waals surface area contributed by atoms with E-state index in [1.807, 2.05) is 12.3 Å². The molecule has 0 spiro atoms. The van der Waals surface area contributed by atoms with E-state index in [1.54, 1.807) is 17.5 Å². The largest absolute Gasteiger partial charge is 0.347 e. The molecule has 3 nitrogen and oxygen atoms in total. The van der Waals surface area contributed by atoms with Gasteiger partial charge in [0.25, 0.3) is 0 Å². The van der Waals surface area contributed by atoms with Gasteiger partial charge in [-0.05, 0) is 6.92 Å². The Morgan fingerprint density at radius 3 is 3.00 bits per heavy atom. The Kier molecular flexibility index (Phi) is 2.59. The van der Waals surface area contributed by atoms with E-state index in [9.17, 15) is 4.79 Å². The summed E-state index contributed by atoms with van der Waals surface area (Å²) in [6.07, 6.45) is 1.73. The summed E-state index contributed by atoms with van der Waals surface area (Å²) in [7, 11) is 0. The van der Waals surface area contributed by atoms with Crippen LogP contribution in [0.4, 0.5) is 0 Å². The summed E-state index contributed by atoms with van der Waals surface area (Å²) in [6.45, 7) is 3.42. The van der Waals surface area contributed by atoms with Crippen molar-refractivity contribution in [3.05, 3.63) is 16.6 Å². The predicted molar refractivity (Wildman–Crippen MR) is 44.3 cm³/mol. The van der Waals surface area contributed by atoms with Crippen LogP contribution in [0.5, 0.6) is 0 Å². The molecule has 1 aromatic rings. The van der Waals surface area contributed by atoms with Gasteiger partial charge in [-0.25, -0.2) is 4.98 Å². The summed E-state index contributed by atoms with van der Waals surface area (Å²) < 4.78 is 0. The van der Waals surface area contributed by atoms with Gasteiger partial charge in [0.1, 0.15) is 5.01 Å². The molecule has 0 aromatic carbocycles. The minimum atomic E-state index is -0.0206. The standard InChI is InChI=1S/C7H10N2OS/c1-5(9-6(2)10)7-8-3-4-11-7/h3-5H,1-2H3,(H,9,10). The van der Waals surface area contributed by atoms with Crippen molar-refractivity contribution in [2.45, 2.75) is 19.9 Å². The van der Waals surface area contributed by atoms with Crippen LogP contribution in [0.2, 0.25) is 0 Å². The molecule has 60 valence electrons. The van der Waals surface area contributed by atoms with Gasteiger partial charge >= 0.3 is 0 Å². The summed E-state index contributed by atoms with van der Waals surface area (Å²) in [5.41, 5.74) is 0. The number of rotatable bonds is 2. The van der Waals surface area contributed by atoms with Gasteiger partial charge in [0.05, 0.1) is 6.04 Å². The van der Waals surface area contributed by atoms with E-state index in [1.165, 1.54) is 6.92 Å². The molecule has 0 radical (unpaired) electrons. The fourth-order valence-electron chi connectivity index (χ4n) is 0.815. The van der Waals surface area contributed by atoms with Crippen LogP contribution in [0.3, 0.4) is 0 Å². The normalized spacial score (nSPS) is 12.5. The topological polar surface area (TPSA) is 42.0 Å². The Morgan fingerprint density at radius 1 is 1.82 bits per heavy atom. The Labute approximate surface area is 69.5 Å². The zero-order valence-electron chi connectivity index (χ0n) is 6.50. The molecule has 0 aliphatic heterocycles. The van der Waals surface area contributed by atoms with E-state index < -0.39 is 0 Å². The molecule has 0 saturated heterocycles. The summed E-state index contributed by atoms with van der Waals surface area (Å²) in [5, 5.41) is 5.60. The van der Waals surface area contributed by atoms with Crippen LogP contribution < -0.4 is 5.32 Å². The van der Waals surface area contributed by atoms with Crippen molar-refractivity contribution in [1.82, 2.24) is 10.3 Å². The van der Waals surface area contributed by atoms with Gasteiger partial charge in [-0.15, -0.1) is 11.3 Å². The molecule has 1 heterocycles. The first-order valence-electron chi connectivity index (χ1n) is 3.36. The first-order chi connectivity index (χ1) is 5.20. The number of nitrogens with one attached hydrogen (secondary N) is 1. The molecule has 11 heavy (non-hydrogen) atoms. The number of amides is 1. The lowest BCUT2D eigenvalue weighted by Crippen LogP contribution is -2.23. The van der Waals surface area contributed by atoms with Crippen LogP contribution in [0.15, 0.2) is 11.6 Å². The quantitative estimate of drug-likeness (QED) is 0.727.